The quantitative estimate of drug-likeness (QED) is 0.771. The highest BCUT2D eigenvalue weighted by Gasteiger charge is 2.21. The van der Waals surface area contributed by atoms with E-state index in [2.05, 4.69) is 4.72 Å². The first-order valence-electron chi connectivity index (χ1n) is 8.80. The van der Waals surface area contributed by atoms with E-state index >= 15 is 0 Å². The Morgan fingerprint density at radius 2 is 1.80 bits per heavy atom. The third-order valence-electron chi connectivity index (χ3n) is 4.57. The lowest BCUT2D eigenvalue weighted by Crippen LogP contribution is -2.29. The van der Waals surface area contributed by atoms with Crippen molar-refractivity contribution in [2.24, 2.45) is 0 Å². The van der Waals surface area contributed by atoms with Gasteiger partial charge in [-0.1, -0.05) is 42.0 Å². The van der Waals surface area contributed by atoms with Crippen LogP contribution in [0.4, 0.5) is 0 Å². The first-order valence-corrected chi connectivity index (χ1v) is 10.3. The van der Waals surface area contributed by atoms with Gasteiger partial charge in [-0.25, -0.2) is 13.1 Å². The fourth-order valence-electron chi connectivity index (χ4n) is 3.20. The maximum atomic E-state index is 12.6. The summed E-state index contributed by atoms with van der Waals surface area (Å²) in [6, 6.07) is 13.7. The molecule has 4 nitrogen and oxygen atoms in total. The van der Waals surface area contributed by atoms with Gasteiger partial charge in [0.15, 0.2) is 0 Å². The normalized spacial score (nSPS) is 14.3. The Hall–Kier alpha value is -1.69. The number of sulfonamides is 1. The molecular formula is C20H25NO3S. The molecule has 0 fully saturated rings. The van der Waals surface area contributed by atoms with E-state index in [0.717, 1.165) is 36.8 Å². The molecule has 1 N–H and O–H groups in total. The maximum absolute atomic E-state index is 12.6. The van der Waals surface area contributed by atoms with E-state index in [-0.39, 0.29) is 6.54 Å². The Morgan fingerprint density at radius 3 is 2.60 bits per heavy atom. The summed E-state index contributed by atoms with van der Waals surface area (Å²) >= 11 is 0. The molecule has 2 aromatic rings. The van der Waals surface area contributed by atoms with Gasteiger partial charge in [0.1, 0.15) is 0 Å². The summed E-state index contributed by atoms with van der Waals surface area (Å²) in [5, 5.41) is 0. The minimum atomic E-state index is -3.48. The molecule has 0 saturated carbocycles. The zero-order valence-corrected chi connectivity index (χ0v) is 15.4. The zero-order chi connectivity index (χ0) is 17.7. The van der Waals surface area contributed by atoms with Gasteiger partial charge in [-0.05, 0) is 55.4 Å². The van der Waals surface area contributed by atoms with Crippen molar-refractivity contribution in [3.05, 3.63) is 64.7 Å². The summed E-state index contributed by atoms with van der Waals surface area (Å²) in [7, 11) is -3.48. The number of fused-ring (bicyclic) bond motifs is 1. The Bertz CT molecular complexity index is 813. The van der Waals surface area contributed by atoms with E-state index in [1.54, 1.807) is 6.07 Å². The van der Waals surface area contributed by atoms with Gasteiger partial charge in [-0.2, -0.15) is 0 Å². The molecule has 0 aliphatic heterocycles. The van der Waals surface area contributed by atoms with Crippen molar-refractivity contribution in [1.82, 2.24) is 4.72 Å². The predicted octanol–water partition coefficient (Wildman–Crippen LogP) is 3.37. The predicted molar refractivity (Wildman–Crippen MR) is 99.1 cm³/mol. The molecule has 1 aliphatic rings. The van der Waals surface area contributed by atoms with Crippen LogP contribution in [0.15, 0.2) is 47.4 Å². The SMILES string of the molecule is Cc1ccc(COCCNS(=O)(=O)c2cccc3c2CCCC3)cc1. The average Bonchev–Trinajstić information content (AvgIpc) is 2.62. The van der Waals surface area contributed by atoms with Crippen LogP contribution in [0.2, 0.25) is 0 Å². The second kappa shape index (κ2) is 8.13. The van der Waals surface area contributed by atoms with Crippen molar-refractivity contribution in [2.75, 3.05) is 13.2 Å². The second-order valence-electron chi connectivity index (χ2n) is 6.54. The monoisotopic (exact) mass is 359 g/mol. The highest BCUT2D eigenvalue weighted by atomic mass is 32.2. The van der Waals surface area contributed by atoms with Crippen LogP contribution in [0, 0.1) is 6.92 Å². The molecule has 134 valence electrons. The van der Waals surface area contributed by atoms with Gasteiger partial charge in [0.05, 0.1) is 18.1 Å². The molecule has 5 heteroatoms. The van der Waals surface area contributed by atoms with Crippen molar-refractivity contribution in [3.8, 4) is 0 Å². The van der Waals surface area contributed by atoms with E-state index in [9.17, 15) is 8.42 Å². The van der Waals surface area contributed by atoms with Gasteiger partial charge in [0.2, 0.25) is 10.0 Å². The van der Waals surface area contributed by atoms with Crippen molar-refractivity contribution in [2.45, 2.75) is 44.1 Å². The lowest BCUT2D eigenvalue weighted by Gasteiger charge is -2.19. The van der Waals surface area contributed by atoms with Crippen LogP contribution in [0.1, 0.15) is 35.1 Å². The summed E-state index contributed by atoms with van der Waals surface area (Å²) in [5.41, 5.74) is 4.46. The lowest BCUT2D eigenvalue weighted by molar-refractivity contribution is 0.126. The molecule has 0 aromatic heterocycles. The Balaban J connectivity index is 1.53. The molecule has 0 spiro atoms. The van der Waals surface area contributed by atoms with Crippen LogP contribution < -0.4 is 4.72 Å². The molecular weight excluding hydrogens is 334 g/mol. The Kier molecular flexibility index (Phi) is 5.89. The van der Waals surface area contributed by atoms with Gasteiger partial charge >= 0.3 is 0 Å². The van der Waals surface area contributed by atoms with Crippen LogP contribution in [-0.2, 0) is 34.2 Å². The molecule has 1 aliphatic carbocycles. The standard InChI is InChI=1S/C20H25NO3S/c1-16-9-11-17(12-10-16)15-24-14-13-21-25(22,23)20-8-4-6-18-5-2-3-7-19(18)20/h4,6,8-12,21H,2-3,5,7,13-15H2,1H3. The topological polar surface area (TPSA) is 55.4 Å². The third kappa shape index (κ3) is 4.69. The van der Waals surface area contributed by atoms with Gasteiger partial charge in [-0.15, -0.1) is 0 Å². The van der Waals surface area contributed by atoms with Gasteiger partial charge in [0.25, 0.3) is 0 Å². The maximum Gasteiger partial charge on any atom is 0.240 e. The van der Waals surface area contributed by atoms with E-state index in [4.69, 9.17) is 4.74 Å². The molecule has 0 atom stereocenters. The second-order valence-corrected chi connectivity index (χ2v) is 8.27. The molecule has 0 bridgehead atoms. The molecule has 0 radical (unpaired) electrons. The fourth-order valence-corrected chi connectivity index (χ4v) is 4.52. The number of ether oxygens (including phenoxy) is 1. The summed E-state index contributed by atoms with van der Waals surface area (Å²) in [4.78, 5) is 0.434. The van der Waals surface area contributed by atoms with Crippen LogP contribution in [-0.4, -0.2) is 21.6 Å². The van der Waals surface area contributed by atoms with E-state index in [1.165, 1.54) is 11.1 Å². The van der Waals surface area contributed by atoms with Crippen molar-refractivity contribution in [1.29, 1.82) is 0 Å². The number of hydrogen-bond acceptors (Lipinski definition) is 3. The highest BCUT2D eigenvalue weighted by Crippen LogP contribution is 2.27. The summed E-state index contributed by atoms with van der Waals surface area (Å²) in [6.45, 7) is 3.16. The van der Waals surface area contributed by atoms with Crippen LogP contribution in [0.25, 0.3) is 0 Å². The lowest BCUT2D eigenvalue weighted by atomic mass is 9.92. The number of hydrogen-bond donors (Lipinski definition) is 1. The molecule has 25 heavy (non-hydrogen) atoms. The van der Waals surface area contributed by atoms with E-state index < -0.39 is 10.0 Å². The Labute approximate surface area is 150 Å². The fraction of sp³-hybridized carbons (Fsp3) is 0.400. The number of nitrogens with one attached hydrogen (secondary N) is 1. The first-order chi connectivity index (χ1) is 12.1. The molecule has 3 rings (SSSR count). The first kappa shape index (κ1) is 18.1. The van der Waals surface area contributed by atoms with Crippen molar-refractivity contribution in [3.63, 3.8) is 0 Å². The summed E-state index contributed by atoms with van der Waals surface area (Å²) in [5.74, 6) is 0. The van der Waals surface area contributed by atoms with E-state index in [1.807, 2.05) is 43.3 Å². The number of benzene rings is 2. The van der Waals surface area contributed by atoms with Crippen LogP contribution in [0.5, 0.6) is 0 Å². The molecule has 0 heterocycles. The van der Waals surface area contributed by atoms with Crippen molar-refractivity contribution < 1.29 is 13.2 Å². The summed E-state index contributed by atoms with van der Waals surface area (Å²) in [6.07, 6.45) is 4.00. The minimum absolute atomic E-state index is 0.276. The van der Waals surface area contributed by atoms with Gasteiger partial charge in [0, 0.05) is 6.54 Å². The average molecular weight is 359 g/mol. The molecule has 0 amide bonds. The smallest absolute Gasteiger partial charge is 0.240 e. The molecule has 2 aromatic carbocycles. The van der Waals surface area contributed by atoms with Gasteiger partial charge < -0.3 is 4.74 Å². The number of aryl methyl sites for hydroxylation is 2. The third-order valence-corrected chi connectivity index (χ3v) is 6.12. The Morgan fingerprint density at radius 1 is 1.04 bits per heavy atom. The zero-order valence-electron chi connectivity index (χ0n) is 14.6. The van der Waals surface area contributed by atoms with Gasteiger partial charge in [-0.3, -0.25) is 0 Å². The minimum Gasteiger partial charge on any atom is -0.375 e. The van der Waals surface area contributed by atoms with E-state index in [0.29, 0.717) is 18.1 Å². The largest absolute Gasteiger partial charge is 0.375 e. The van der Waals surface area contributed by atoms with Crippen LogP contribution in [0.3, 0.4) is 0 Å². The van der Waals surface area contributed by atoms with Crippen LogP contribution >= 0.6 is 0 Å². The summed E-state index contributed by atoms with van der Waals surface area (Å²) < 4.78 is 33.5. The molecule has 0 saturated heterocycles. The van der Waals surface area contributed by atoms with Crippen molar-refractivity contribution >= 4 is 10.0 Å². The number of rotatable bonds is 7. The highest BCUT2D eigenvalue weighted by molar-refractivity contribution is 7.89. The molecule has 0 unspecified atom stereocenters.